The molecule has 0 spiro atoms. The first-order valence-electron chi connectivity index (χ1n) is 9.00. The fourth-order valence-electron chi connectivity index (χ4n) is 3.23. The van der Waals surface area contributed by atoms with Gasteiger partial charge in [0.1, 0.15) is 0 Å². The second kappa shape index (κ2) is 9.68. The Labute approximate surface area is 140 Å². The molecule has 2 rings (SSSR count). The van der Waals surface area contributed by atoms with E-state index in [9.17, 15) is 4.79 Å². The summed E-state index contributed by atoms with van der Waals surface area (Å²) >= 11 is 0. The second-order valence-corrected chi connectivity index (χ2v) is 6.66. The molecule has 128 valence electrons. The fourth-order valence-corrected chi connectivity index (χ4v) is 3.23. The maximum absolute atomic E-state index is 12.2. The number of amides is 1. The zero-order valence-electron chi connectivity index (χ0n) is 14.3. The van der Waals surface area contributed by atoms with Crippen LogP contribution in [0.1, 0.15) is 57.1 Å². The highest BCUT2D eigenvalue weighted by Crippen LogP contribution is 2.19. The summed E-state index contributed by atoms with van der Waals surface area (Å²) in [5.41, 5.74) is 7.21. The molecule has 1 aliphatic carbocycles. The number of hydrogen-bond donors (Lipinski definition) is 3. The number of carbonyl (C=O) groups is 1. The summed E-state index contributed by atoms with van der Waals surface area (Å²) in [5, 5.41) is 6.58. The molecule has 2 unspecified atom stereocenters. The van der Waals surface area contributed by atoms with Crippen LogP contribution in [0.2, 0.25) is 0 Å². The summed E-state index contributed by atoms with van der Waals surface area (Å²) < 4.78 is 0. The summed E-state index contributed by atoms with van der Waals surface area (Å²) in [6, 6.07) is 10.2. The van der Waals surface area contributed by atoms with Crippen LogP contribution >= 0.6 is 0 Å². The molecule has 0 aromatic heterocycles. The van der Waals surface area contributed by atoms with Gasteiger partial charge in [-0.2, -0.15) is 0 Å². The first kappa shape index (κ1) is 18.0. The summed E-state index contributed by atoms with van der Waals surface area (Å²) in [6.07, 6.45) is 7.92. The van der Waals surface area contributed by atoms with Crippen LogP contribution in [-0.2, 0) is 4.79 Å². The second-order valence-electron chi connectivity index (χ2n) is 6.66. The predicted octanol–water partition coefficient (Wildman–Crippen LogP) is 2.75. The van der Waals surface area contributed by atoms with Crippen LogP contribution in [0.4, 0.5) is 0 Å². The molecule has 1 aromatic rings. The van der Waals surface area contributed by atoms with Crippen molar-refractivity contribution < 1.29 is 4.79 Å². The van der Waals surface area contributed by atoms with Crippen LogP contribution in [0.3, 0.4) is 0 Å². The Kier molecular flexibility index (Phi) is 7.56. The Morgan fingerprint density at radius 3 is 2.43 bits per heavy atom. The van der Waals surface area contributed by atoms with E-state index in [1.165, 1.54) is 38.5 Å². The molecule has 0 radical (unpaired) electrons. The zero-order valence-corrected chi connectivity index (χ0v) is 14.3. The first-order chi connectivity index (χ1) is 11.2. The lowest BCUT2D eigenvalue weighted by molar-refractivity contribution is -0.125. The van der Waals surface area contributed by atoms with E-state index in [1.54, 1.807) is 0 Å². The molecule has 0 bridgehead atoms. The summed E-state index contributed by atoms with van der Waals surface area (Å²) in [7, 11) is 0. The van der Waals surface area contributed by atoms with E-state index in [-0.39, 0.29) is 17.9 Å². The van der Waals surface area contributed by atoms with Gasteiger partial charge in [0.2, 0.25) is 5.91 Å². The lowest BCUT2D eigenvalue weighted by atomic mass is 9.95. The highest BCUT2D eigenvalue weighted by molar-refractivity contribution is 5.79. The van der Waals surface area contributed by atoms with Gasteiger partial charge in [-0.1, -0.05) is 62.9 Å². The molecule has 0 saturated heterocycles. The van der Waals surface area contributed by atoms with Crippen molar-refractivity contribution in [3.05, 3.63) is 35.9 Å². The van der Waals surface area contributed by atoms with Crippen LogP contribution in [0, 0.1) is 5.92 Å². The molecular formula is C19H31N3O. The molecule has 1 saturated carbocycles. The Bertz CT molecular complexity index is 455. The lowest BCUT2D eigenvalue weighted by Gasteiger charge is -2.21. The number of rotatable bonds is 7. The molecule has 0 heterocycles. The Hall–Kier alpha value is -1.39. The van der Waals surface area contributed by atoms with E-state index in [2.05, 4.69) is 10.6 Å². The smallest absolute Gasteiger partial charge is 0.224 e. The van der Waals surface area contributed by atoms with Gasteiger partial charge >= 0.3 is 0 Å². The third-order valence-electron chi connectivity index (χ3n) is 4.85. The Balaban J connectivity index is 1.67. The van der Waals surface area contributed by atoms with Gasteiger partial charge in [0.25, 0.3) is 0 Å². The zero-order chi connectivity index (χ0) is 16.5. The van der Waals surface area contributed by atoms with Crippen molar-refractivity contribution in [3.8, 4) is 0 Å². The van der Waals surface area contributed by atoms with Gasteiger partial charge in [-0.3, -0.25) is 4.79 Å². The molecule has 1 aromatic carbocycles. The van der Waals surface area contributed by atoms with Crippen LogP contribution in [0.5, 0.6) is 0 Å². The summed E-state index contributed by atoms with van der Waals surface area (Å²) in [6.45, 7) is 3.40. The van der Waals surface area contributed by atoms with Crippen molar-refractivity contribution >= 4 is 5.91 Å². The minimum Gasteiger partial charge on any atom is -0.355 e. The third-order valence-corrected chi connectivity index (χ3v) is 4.85. The van der Waals surface area contributed by atoms with Gasteiger partial charge in [0.15, 0.2) is 0 Å². The number of nitrogens with one attached hydrogen (secondary N) is 2. The molecule has 4 heteroatoms. The van der Waals surface area contributed by atoms with E-state index in [1.807, 2.05) is 37.3 Å². The van der Waals surface area contributed by atoms with E-state index >= 15 is 0 Å². The molecule has 0 aliphatic heterocycles. The van der Waals surface area contributed by atoms with Gasteiger partial charge < -0.3 is 16.4 Å². The van der Waals surface area contributed by atoms with Crippen LogP contribution in [0.15, 0.2) is 30.3 Å². The first-order valence-corrected chi connectivity index (χ1v) is 9.00. The maximum Gasteiger partial charge on any atom is 0.224 e. The van der Waals surface area contributed by atoms with Crippen molar-refractivity contribution in [2.45, 2.75) is 57.5 Å². The number of hydrogen-bond acceptors (Lipinski definition) is 3. The number of nitrogens with two attached hydrogens (primary N) is 1. The molecule has 1 amide bonds. The predicted molar refractivity (Wildman–Crippen MR) is 95.0 cm³/mol. The van der Waals surface area contributed by atoms with Crippen LogP contribution in [-0.4, -0.2) is 25.0 Å². The van der Waals surface area contributed by atoms with Crippen molar-refractivity contribution in [1.82, 2.24) is 10.6 Å². The molecule has 1 fully saturated rings. The van der Waals surface area contributed by atoms with Gasteiger partial charge in [-0.25, -0.2) is 0 Å². The van der Waals surface area contributed by atoms with Gasteiger partial charge in [0, 0.05) is 25.2 Å². The summed E-state index contributed by atoms with van der Waals surface area (Å²) in [5.74, 6) is -0.195. The molecular weight excluding hydrogens is 286 g/mol. The highest BCUT2D eigenvalue weighted by atomic mass is 16.1. The summed E-state index contributed by atoms with van der Waals surface area (Å²) in [4.78, 5) is 12.2. The molecule has 4 N–H and O–H groups in total. The van der Waals surface area contributed by atoms with Crippen molar-refractivity contribution in [3.63, 3.8) is 0 Å². The Morgan fingerprint density at radius 1 is 1.13 bits per heavy atom. The minimum atomic E-state index is -0.258. The molecule has 23 heavy (non-hydrogen) atoms. The van der Waals surface area contributed by atoms with Crippen molar-refractivity contribution in [2.75, 3.05) is 13.1 Å². The SMILES string of the molecule is CC(C(=O)NCCNC1CCCCCC1)C(N)c1ccccc1. The normalized spacial score (nSPS) is 18.9. The molecule has 1 aliphatic rings. The third kappa shape index (κ3) is 5.96. The largest absolute Gasteiger partial charge is 0.355 e. The lowest BCUT2D eigenvalue weighted by Crippen LogP contribution is -2.40. The average Bonchev–Trinajstić information content (AvgIpc) is 2.86. The molecule has 2 atom stereocenters. The minimum absolute atomic E-state index is 0.0315. The average molecular weight is 317 g/mol. The van der Waals surface area contributed by atoms with Gasteiger partial charge in [-0.05, 0) is 18.4 Å². The number of benzene rings is 1. The van der Waals surface area contributed by atoms with E-state index in [0.717, 1.165) is 12.1 Å². The van der Waals surface area contributed by atoms with Gasteiger partial charge in [0.05, 0.1) is 5.92 Å². The topological polar surface area (TPSA) is 67.2 Å². The van der Waals surface area contributed by atoms with Crippen molar-refractivity contribution in [1.29, 1.82) is 0 Å². The fraction of sp³-hybridized carbons (Fsp3) is 0.632. The van der Waals surface area contributed by atoms with E-state index in [0.29, 0.717) is 12.6 Å². The number of carbonyl (C=O) groups excluding carboxylic acids is 1. The van der Waals surface area contributed by atoms with Gasteiger partial charge in [-0.15, -0.1) is 0 Å². The van der Waals surface area contributed by atoms with E-state index < -0.39 is 0 Å². The quantitative estimate of drug-likeness (QED) is 0.535. The monoisotopic (exact) mass is 317 g/mol. The maximum atomic E-state index is 12.2. The standard InChI is InChI=1S/C19H31N3O/c1-15(18(20)16-9-5-4-6-10-16)19(23)22-14-13-21-17-11-7-2-3-8-12-17/h4-6,9-10,15,17-18,21H,2-3,7-8,11-14,20H2,1H3,(H,22,23). The molecule has 4 nitrogen and oxygen atoms in total. The Morgan fingerprint density at radius 2 is 1.78 bits per heavy atom. The van der Waals surface area contributed by atoms with Crippen molar-refractivity contribution in [2.24, 2.45) is 11.7 Å². The van der Waals surface area contributed by atoms with Crippen LogP contribution < -0.4 is 16.4 Å². The van der Waals surface area contributed by atoms with Crippen LogP contribution in [0.25, 0.3) is 0 Å². The van der Waals surface area contributed by atoms with E-state index in [4.69, 9.17) is 5.73 Å². The highest BCUT2D eigenvalue weighted by Gasteiger charge is 2.21.